The van der Waals surface area contributed by atoms with Gasteiger partial charge in [-0.15, -0.1) is 12.4 Å². The quantitative estimate of drug-likeness (QED) is 0.590. The summed E-state index contributed by atoms with van der Waals surface area (Å²) in [5, 5.41) is 8.34. The summed E-state index contributed by atoms with van der Waals surface area (Å²) in [5.41, 5.74) is 5.45. The maximum absolute atomic E-state index is 8.34. The van der Waals surface area contributed by atoms with Crippen molar-refractivity contribution in [1.82, 2.24) is 0 Å². The highest BCUT2D eigenvalue weighted by Crippen LogP contribution is 1.95. The van der Waals surface area contributed by atoms with Gasteiger partial charge in [0, 0.05) is 12.6 Å². The standard InChI is InChI=1S/C6H15NO.ClH/c1-6(7)4-2-3-5-8;/h6,8H,2-5,7H2,1H3;1H. The summed E-state index contributed by atoms with van der Waals surface area (Å²) in [5.74, 6) is 0. The minimum absolute atomic E-state index is 0. The van der Waals surface area contributed by atoms with Crippen molar-refractivity contribution in [2.45, 2.75) is 32.2 Å². The van der Waals surface area contributed by atoms with Crippen LogP contribution in [0.4, 0.5) is 0 Å². The molecule has 1 atom stereocenters. The van der Waals surface area contributed by atoms with Gasteiger partial charge in [0.1, 0.15) is 0 Å². The molecule has 0 aliphatic carbocycles. The highest BCUT2D eigenvalue weighted by atomic mass is 35.5. The Bertz CT molecular complexity index is 50.3. The van der Waals surface area contributed by atoms with Crippen LogP contribution in [-0.2, 0) is 0 Å². The fraction of sp³-hybridized carbons (Fsp3) is 1.00. The fourth-order valence-electron chi connectivity index (χ4n) is 0.578. The molecule has 58 valence electrons. The number of hydrogen-bond donors (Lipinski definition) is 2. The van der Waals surface area contributed by atoms with Crippen molar-refractivity contribution in [3.05, 3.63) is 0 Å². The molecule has 0 rings (SSSR count). The van der Waals surface area contributed by atoms with Gasteiger partial charge in [-0.3, -0.25) is 0 Å². The number of unbranched alkanes of at least 4 members (excludes halogenated alkanes) is 1. The lowest BCUT2D eigenvalue weighted by molar-refractivity contribution is 0.282. The first-order valence-corrected chi connectivity index (χ1v) is 3.14. The SMILES string of the molecule is CC(N)CCCCO.Cl. The topological polar surface area (TPSA) is 46.2 Å². The smallest absolute Gasteiger partial charge is 0.0431 e. The summed E-state index contributed by atoms with van der Waals surface area (Å²) in [7, 11) is 0. The molecule has 0 radical (unpaired) electrons. The molecule has 3 heteroatoms. The number of rotatable bonds is 4. The molecule has 0 heterocycles. The molecule has 0 aromatic rings. The van der Waals surface area contributed by atoms with Crippen molar-refractivity contribution in [3.8, 4) is 0 Å². The van der Waals surface area contributed by atoms with Crippen LogP contribution in [0.25, 0.3) is 0 Å². The minimum Gasteiger partial charge on any atom is -0.396 e. The van der Waals surface area contributed by atoms with Crippen molar-refractivity contribution in [3.63, 3.8) is 0 Å². The Labute approximate surface area is 62.9 Å². The van der Waals surface area contributed by atoms with E-state index in [1.165, 1.54) is 0 Å². The second kappa shape index (κ2) is 8.21. The second-order valence-corrected chi connectivity index (χ2v) is 2.20. The van der Waals surface area contributed by atoms with Gasteiger partial charge in [-0.25, -0.2) is 0 Å². The minimum atomic E-state index is 0. The maximum Gasteiger partial charge on any atom is 0.0431 e. The third-order valence-electron chi connectivity index (χ3n) is 1.07. The maximum atomic E-state index is 8.34. The number of aliphatic hydroxyl groups excluding tert-OH is 1. The second-order valence-electron chi connectivity index (χ2n) is 2.20. The Morgan fingerprint density at radius 1 is 1.44 bits per heavy atom. The number of aliphatic hydroxyl groups is 1. The lowest BCUT2D eigenvalue weighted by atomic mass is 10.1. The molecular formula is C6H16ClNO. The summed E-state index contributed by atoms with van der Waals surface area (Å²) in [6, 6.07) is 0.293. The molecule has 0 aromatic carbocycles. The molecule has 0 bridgehead atoms. The fourth-order valence-corrected chi connectivity index (χ4v) is 0.578. The lowest BCUT2D eigenvalue weighted by Gasteiger charge is -2.00. The van der Waals surface area contributed by atoms with E-state index in [0.29, 0.717) is 12.6 Å². The molecule has 0 spiro atoms. The summed E-state index contributed by atoms with van der Waals surface area (Å²) in [6.07, 6.45) is 2.97. The number of halogens is 1. The van der Waals surface area contributed by atoms with Gasteiger partial charge in [-0.2, -0.15) is 0 Å². The predicted octanol–water partition coefficient (Wildman–Crippen LogP) is 0.918. The van der Waals surface area contributed by atoms with Gasteiger partial charge in [-0.05, 0) is 26.2 Å². The molecular weight excluding hydrogens is 138 g/mol. The summed E-state index contributed by atoms with van der Waals surface area (Å²) >= 11 is 0. The summed E-state index contributed by atoms with van der Waals surface area (Å²) < 4.78 is 0. The van der Waals surface area contributed by atoms with E-state index >= 15 is 0 Å². The highest BCUT2D eigenvalue weighted by Gasteiger charge is 1.91. The van der Waals surface area contributed by atoms with Crippen molar-refractivity contribution >= 4 is 12.4 Å². The van der Waals surface area contributed by atoms with Crippen LogP contribution in [0.3, 0.4) is 0 Å². The zero-order valence-corrected chi connectivity index (χ0v) is 6.66. The van der Waals surface area contributed by atoms with Gasteiger partial charge >= 0.3 is 0 Å². The number of nitrogens with two attached hydrogens (primary N) is 1. The van der Waals surface area contributed by atoms with Crippen molar-refractivity contribution < 1.29 is 5.11 Å². The molecule has 0 saturated carbocycles. The van der Waals surface area contributed by atoms with Crippen LogP contribution in [0.5, 0.6) is 0 Å². The Morgan fingerprint density at radius 3 is 2.33 bits per heavy atom. The molecule has 2 nitrogen and oxygen atoms in total. The van der Waals surface area contributed by atoms with Gasteiger partial charge in [0.05, 0.1) is 0 Å². The van der Waals surface area contributed by atoms with E-state index in [4.69, 9.17) is 10.8 Å². The molecule has 3 N–H and O–H groups in total. The highest BCUT2D eigenvalue weighted by molar-refractivity contribution is 5.85. The normalized spacial score (nSPS) is 12.3. The van der Waals surface area contributed by atoms with Gasteiger partial charge in [0.15, 0.2) is 0 Å². The van der Waals surface area contributed by atoms with E-state index in [2.05, 4.69) is 0 Å². The van der Waals surface area contributed by atoms with Crippen molar-refractivity contribution in [1.29, 1.82) is 0 Å². The Balaban J connectivity index is 0. The van der Waals surface area contributed by atoms with Crippen LogP contribution >= 0.6 is 12.4 Å². The summed E-state index contributed by atoms with van der Waals surface area (Å²) in [6.45, 7) is 2.28. The molecule has 0 fully saturated rings. The van der Waals surface area contributed by atoms with Crippen molar-refractivity contribution in [2.24, 2.45) is 5.73 Å². The Kier molecular flexibility index (Phi) is 10.9. The monoisotopic (exact) mass is 153 g/mol. The third-order valence-corrected chi connectivity index (χ3v) is 1.07. The van der Waals surface area contributed by atoms with Crippen LogP contribution in [0, 0.1) is 0 Å². The molecule has 0 saturated heterocycles. The first kappa shape index (κ1) is 11.9. The zero-order chi connectivity index (χ0) is 6.41. The van der Waals surface area contributed by atoms with Crippen LogP contribution < -0.4 is 5.73 Å². The molecule has 0 aliphatic rings. The van der Waals surface area contributed by atoms with E-state index in [0.717, 1.165) is 19.3 Å². The van der Waals surface area contributed by atoms with E-state index in [-0.39, 0.29) is 12.4 Å². The van der Waals surface area contributed by atoms with Crippen molar-refractivity contribution in [2.75, 3.05) is 6.61 Å². The van der Waals surface area contributed by atoms with E-state index < -0.39 is 0 Å². The van der Waals surface area contributed by atoms with E-state index in [9.17, 15) is 0 Å². The van der Waals surface area contributed by atoms with Crippen LogP contribution in [-0.4, -0.2) is 17.8 Å². The Hall–Kier alpha value is 0.210. The zero-order valence-electron chi connectivity index (χ0n) is 5.84. The summed E-state index contributed by atoms with van der Waals surface area (Å²) in [4.78, 5) is 0. The molecule has 1 unspecified atom stereocenters. The Morgan fingerprint density at radius 2 is 2.00 bits per heavy atom. The average molecular weight is 154 g/mol. The van der Waals surface area contributed by atoms with Gasteiger partial charge < -0.3 is 10.8 Å². The van der Waals surface area contributed by atoms with Gasteiger partial charge in [0.25, 0.3) is 0 Å². The first-order chi connectivity index (χ1) is 3.77. The lowest BCUT2D eigenvalue weighted by Crippen LogP contribution is -2.14. The van der Waals surface area contributed by atoms with Gasteiger partial charge in [-0.1, -0.05) is 0 Å². The number of hydrogen-bond acceptors (Lipinski definition) is 2. The van der Waals surface area contributed by atoms with Crippen LogP contribution in [0.15, 0.2) is 0 Å². The van der Waals surface area contributed by atoms with Crippen LogP contribution in [0.1, 0.15) is 26.2 Å². The first-order valence-electron chi connectivity index (χ1n) is 3.14. The largest absolute Gasteiger partial charge is 0.396 e. The van der Waals surface area contributed by atoms with Gasteiger partial charge in [0.2, 0.25) is 0 Å². The molecule has 9 heavy (non-hydrogen) atoms. The van der Waals surface area contributed by atoms with Crippen LogP contribution in [0.2, 0.25) is 0 Å². The van der Waals surface area contributed by atoms with E-state index in [1.54, 1.807) is 0 Å². The third kappa shape index (κ3) is 11.7. The molecule has 0 aliphatic heterocycles. The predicted molar refractivity (Wildman–Crippen MR) is 41.8 cm³/mol. The molecule has 0 aromatic heterocycles. The molecule has 0 amide bonds. The van der Waals surface area contributed by atoms with E-state index in [1.807, 2.05) is 6.92 Å². The average Bonchev–Trinajstić information content (AvgIpc) is 1.66.